The number of carboxylic acid groups (broad SMARTS) is 1. The van der Waals surface area contributed by atoms with Gasteiger partial charge in [-0.05, 0) is 6.92 Å². The maximum absolute atomic E-state index is 11.8. The number of anilines is 1. The third-order valence-electron chi connectivity index (χ3n) is 1.83. The van der Waals surface area contributed by atoms with Crippen molar-refractivity contribution < 1.29 is 57.9 Å². The molecule has 0 aliphatic heterocycles. The van der Waals surface area contributed by atoms with Crippen LogP contribution in [-0.4, -0.2) is 41.9 Å². The Morgan fingerprint density at radius 2 is 2.10 bits per heavy atom. The molecule has 10 nitrogen and oxygen atoms in total. The fourth-order valence-corrected chi connectivity index (χ4v) is 2.49. The summed E-state index contributed by atoms with van der Waals surface area (Å²) in [6.07, 6.45) is 0. The second-order valence-corrected chi connectivity index (χ2v) is 5.74. The molecular formula is C8H12N4NaO6PS. The second kappa shape index (κ2) is 9.46. The number of aromatic nitrogens is 2. The smallest absolute Gasteiger partial charge is 0.543 e. The summed E-state index contributed by atoms with van der Waals surface area (Å²) in [7, 11) is -1.18. The average molecular weight is 346 g/mol. The van der Waals surface area contributed by atoms with E-state index < -0.39 is 19.4 Å². The summed E-state index contributed by atoms with van der Waals surface area (Å²) in [6, 6.07) is 0. The van der Waals surface area contributed by atoms with Crippen LogP contribution < -0.4 is 39.8 Å². The standard InChI is InChI=1S/C8H13N4O6PS.Na/c1-4-18-10-5(7(13)14)6-9-8(20-12-6)11-19(15,16-2)17-3;/h4H2,1-3H3,(H,13,14)(H,9,11,12,15);/q;+1/p-1. The molecule has 1 aromatic rings. The van der Waals surface area contributed by atoms with Crippen LogP contribution in [0.25, 0.3) is 0 Å². The molecule has 0 unspecified atom stereocenters. The summed E-state index contributed by atoms with van der Waals surface area (Å²) in [5.41, 5.74) is -0.569. The molecule has 0 fully saturated rings. The number of nitrogens with zero attached hydrogens (tertiary/aromatic N) is 3. The maximum Gasteiger partial charge on any atom is 1.00 e. The molecule has 0 radical (unpaired) electrons. The van der Waals surface area contributed by atoms with Crippen molar-refractivity contribution in [2.45, 2.75) is 6.92 Å². The Morgan fingerprint density at radius 3 is 2.57 bits per heavy atom. The largest absolute Gasteiger partial charge is 1.00 e. The van der Waals surface area contributed by atoms with E-state index in [4.69, 9.17) is 0 Å². The van der Waals surface area contributed by atoms with Crippen LogP contribution in [0.15, 0.2) is 5.16 Å². The molecule has 1 heterocycles. The summed E-state index contributed by atoms with van der Waals surface area (Å²) in [6.45, 7) is 1.81. The van der Waals surface area contributed by atoms with Crippen LogP contribution in [0.2, 0.25) is 0 Å². The zero-order valence-electron chi connectivity index (χ0n) is 11.9. The van der Waals surface area contributed by atoms with E-state index in [1.807, 2.05) is 0 Å². The molecule has 0 saturated heterocycles. The molecule has 0 spiro atoms. The first kappa shape index (κ1) is 20.5. The summed E-state index contributed by atoms with van der Waals surface area (Å²) in [5.74, 6) is -1.82. The number of hydrogen-bond acceptors (Lipinski definition) is 10. The third-order valence-corrected chi connectivity index (χ3v) is 4.06. The van der Waals surface area contributed by atoms with Crippen LogP contribution in [0.1, 0.15) is 12.7 Å². The van der Waals surface area contributed by atoms with Crippen molar-refractivity contribution >= 4 is 36.1 Å². The molecule has 13 heteroatoms. The fourth-order valence-electron chi connectivity index (χ4n) is 0.947. The SMILES string of the molecule is CCON=C(C(=O)[O-])c1nsc(NP(=O)(OC)OC)n1.[Na+]. The van der Waals surface area contributed by atoms with Crippen LogP contribution in [0.3, 0.4) is 0 Å². The Hall–Kier alpha value is -0.550. The third kappa shape index (κ3) is 5.99. The molecule has 0 amide bonds. The Balaban J connectivity index is 0.00000400. The number of hydrogen-bond donors (Lipinski definition) is 1. The van der Waals surface area contributed by atoms with E-state index in [2.05, 4.69) is 33.5 Å². The van der Waals surface area contributed by atoms with Crippen LogP contribution in [0, 0.1) is 0 Å². The fraction of sp³-hybridized carbons (Fsp3) is 0.500. The van der Waals surface area contributed by atoms with Crippen molar-refractivity contribution in [1.29, 1.82) is 0 Å². The van der Waals surface area contributed by atoms with Gasteiger partial charge in [-0.3, -0.25) is 14.1 Å². The first-order valence-electron chi connectivity index (χ1n) is 5.21. The van der Waals surface area contributed by atoms with E-state index in [1.165, 1.54) is 14.2 Å². The van der Waals surface area contributed by atoms with Crippen molar-refractivity contribution in [2.24, 2.45) is 5.16 Å². The van der Waals surface area contributed by atoms with Gasteiger partial charge in [0.05, 0.1) is 5.97 Å². The molecule has 0 saturated carbocycles. The Bertz CT molecular complexity index is 545. The summed E-state index contributed by atoms with van der Waals surface area (Å²) < 4.78 is 24.9. The van der Waals surface area contributed by atoms with Crippen LogP contribution >= 0.6 is 19.3 Å². The molecule has 112 valence electrons. The topological polar surface area (TPSA) is 135 Å². The van der Waals surface area contributed by atoms with E-state index in [1.54, 1.807) is 6.92 Å². The summed E-state index contributed by atoms with van der Waals surface area (Å²) in [5, 5.41) is 16.6. The molecule has 0 aromatic carbocycles. The minimum atomic E-state index is -3.54. The Kier molecular flexibility index (Phi) is 9.22. The van der Waals surface area contributed by atoms with Gasteiger partial charge in [-0.2, -0.15) is 9.36 Å². The summed E-state index contributed by atoms with van der Waals surface area (Å²) >= 11 is 0.754. The van der Waals surface area contributed by atoms with Gasteiger partial charge >= 0.3 is 37.3 Å². The molecule has 0 aliphatic rings. The number of nitrogens with one attached hydrogen (secondary N) is 1. The molecule has 1 rings (SSSR count). The zero-order chi connectivity index (χ0) is 15.2. The van der Waals surface area contributed by atoms with Gasteiger partial charge in [0.2, 0.25) is 5.13 Å². The van der Waals surface area contributed by atoms with Crippen molar-refractivity contribution in [1.82, 2.24) is 9.36 Å². The normalized spacial score (nSPS) is 11.7. The summed E-state index contributed by atoms with van der Waals surface area (Å²) in [4.78, 5) is 19.3. The van der Waals surface area contributed by atoms with Crippen molar-refractivity contribution in [3.8, 4) is 0 Å². The van der Waals surface area contributed by atoms with Gasteiger partial charge in [-0.25, -0.2) is 4.57 Å². The number of carboxylic acids is 1. The predicted octanol–water partition coefficient (Wildman–Crippen LogP) is -3.15. The van der Waals surface area contributed by atoms with Crippen molar-refractivity contribution in [2.75, 3.05) is 25.9 Å². The van der Waals surface area contributed by atoms with Crippen LogP contribution in [-0.2, 0) is 23.2 Å². The zero-order valence-corrected chi connectivity index (χ0v) is 15.6. The predicted molar refractivity (Wildman–Crippen MR) is 68.3 cm³/mol. The molecule has 1 aromatic heterocycles. The van der Waals surface area contributed by atoms with Gasteiger partial charge in [-0.1, -0.05) is 5.16 Å². The molecule has 1 N–H and O–H groups in total. The molecule has 21 heavy (non-hydrogen) atoms. The number of rotatable bonds is 8. The second-order valence-electron chi connectivity index (χ2n) is 3.04. The Morgan fingerprint density at radius 1 is 1.48 bits per heavy atom. The first-order valence-corrected chi connectivity index (χ1v) is 7.52. The van der Waals surface area contributed by atoms with Gasteiger partial charge in [0.15, 0.2) is 11.5 Å². The number of carbonyl (C=O) groups is 1. The van der Waals surface area contributed by atoms with Crippen molar-refractivity contribution in [3.05, 3.63) is 5.82 Å². The van der Waals surface area contributed by atoms with E-state index in [9.17, 15) is 14.5 Å². The number of carbonyl (C=O) groups excluding carboxylic acids is 1. The quantitative estimate of drug-likeness (QED) is 0.224. The molecule has 0 aliphatic carbocycles. The van der Waals surface area contributed by atoms with E-state index in [0.717, 1.165) is 11.5 Å². The molecular weight excluding hydrogens is 334 g/mol. The number of oxime groups is 1. The minimum absolute atomic E-state index is 0. The van der Waals surface area contributed by atoms with E-state index in [0.29, 0.717) is 0 Å². The van der Waals surface area contributed by atoms with E-state index >= 15 is 0 Å². The van der Waals surface area contributed by atoms with E-state index in [-0.39, 0.29) is 47.1 Å². The van der Waals surface area contributed by atoms with Crippen molar-refractivity contribution in [3.63, 3.8) is 0 Å². The minimum Gasteiger partial charge on any atom is -0.543 e. The van der Waals surface area contributed by atoms with Gasteiger partial charge < -0.3 is 14.7 Å². The van der Waals surface area contributed by atoms with Crippen LogP contribution in [0.5, 0.6) is 0 Å². The average Bonchev–Trinajstić information content (AvgIpc) is 2.86. The maximum atomic E-state index is 11.8. The van der Waals surface area contributed by atoms with Gasteiger partial charge in [0.25, 0.3) is 0 Å². The van der Waals surface area contributed by atoms with Gasteiger partial charge in [0, 0.05) is 25.8 Å². The monoisotopic (exact) mass is 346 g/mol. The molecule has 0 atom stereocenters. The first-order chi connectivity index (χ1) is 9.45. The molecule has 0 bridgehead atoms. The van der Waals surface area contributed by atoms with Gasteiger partial charge in [0.1, 0.15) is 6.61 Å². The van der Waals surface area contributed by atoms with Crippen LogP contribution in [0.4, 0.5) is 5.13 Å². The Labute approximate surface area is 146 Å². The number of aliphatic carboxylic acids is 1. The van der Waals surface area contributed by atoms with Gasteiger partial charge in [-0.15, -0.1) is 0 Å².